The highest BCUT2D eigenvalue weighted by Gasteiger charge is 2.24. The molecule has 7 heteroatoms. The molecule has 0 unspecified atom stereocenters. The van der Waals surface area contributed by atoms with Crippen LogP contribution in [0, 0.1) is 0 Å². The second kappa shape index (κ2) is 7.76. The predicted octanol–water partition coefficient (Wildman–Crippen LogP) is 0.679. The molecular formula is C12H20N2O3S2. The van der Waals surface area contributed by atoms with Gasteiger partial charge in [-0.25, -0.2) is 8.42 Å². The molecule has 108 valence electrons. The quantitative estimate of drug-likeness (QED) is 0.658. The molecule has 1 aromatic rings. The average molecular weight is 304 g/mol. The van der Waals surface area contributed by atoms with Crippen molar-refractivity contribution in [3.63, 3.8) is 0 Å². The van der Waals surface area contributed by atoms with Gasteiger partial charge in [0.2, 0.25) is 0 Å². The summed E-state index contributed by atoms with van der Waals surface area (Å²) >= 11 is 1.27. The minimum atomic E-state index is -3.53. The number of aliphatic hydroxyl groups is 1. The highest BCUT2D eigenvalue weighted by Crippen LogP contribution is 2.25. The molecule has 1 rings (SSSR count). The van der Waals surface area contributed by atoms with E-state index in [1.54, 1.807) is 6.07 Å². The molecule has 0 aliphatic carbocycles. The fraction of sp³-hybridized carbons (Fsp3) is 0.500. The highest BCUT2D eigenvalue weighted by molar-refractivity contribution is 7.91. The van der Waals surface area contributed by atoms with Gasteiger partial charge in [-0.2, -0.15) is 4.31 Å². The summed E-state index contributed by atoms with van der Waals surface area (Å²) in [6, 6.07) is 3.46. The van der Waals surface area contributed by atoms with Crippen LogP contribution in [0.15, 0.2) is 29.0 Å². The van der Waals surface area contributed by atoms with Crippen molar-refractivity contribution >= 4 is 21.4 Å². The van der Waals surface area contributed by atoms with Crippen LogP contribution >= 0.6 is 11.3 Å². The molecule has 2 N–H and O–H groups in total. The van der Waals surface area contributed by atoms with Crippen LogP contribution in [-0.2, 0) is 16.4 Å². The number of thiophene rings is 1. The van der Waals surface area contributed by atoms with Crippen LogP contribution in [0.3, 0.4) is 0 Å². The Morgan fingerprint density at radius 2 is 2.26 bits per heavy atom. The van der Waals surface area contributed by atoms with E-state index in [1.165, 1.54) is 21.7 Å². The summed E-state index contributed by atoms with van der Waals surface area (Å²) in [5.74, 6) is 0. The molecule has 5 nitrogen and oxygen atoms in total. The van der Waals surface area contributed by atoms with Crippen LogP contribution in [0.25, 0.3) is 0 Å². The van der Waals surface area contributed by atoms with Crippen molar-refractivity contribution in [1.29, 1.82) is 0 Å². The van der Waals surface area contributed by atoms with Gasteiger partial charge in [0.1, 0.15) is 4.21 Å². The number of hydrogen-bond donors (Lipinski definition) is 2. The molecular weight excluding hydrogens is 284 g/mol. The van der Waals surface area contributed by atoms with Crippen LogP contribution in [0.5, 0.6) is 0 Å². The Morgan fingerprint density at radius 3 is 2.84 bits per heavy atom. The van der Waals surface area contributed by atoms with Crippen LogP contribution in [0.1, 0.15) is 4.88 Å². The van der Waals surface area contributed by atoms with Crippen molar-refractivity contribution in [3.8, 4) is 0 Å². The predicted molar refractivity (Wildman–Crippen MR) is 78.0 cm³/mol. The second-order valence-corrected chi connectivity index (χ2v) is 7.28. The summed E-state index contributed by atoms with van der Waals surface area (Å²) < 4.78 is 26.3. The molecule has 1 aromatic heterocycles. The molecule has 0 aromatic carbocycles. The van der Waals surface area contributed by atoms with E-state index in [2.05, 4.69) is 11.9 Å². The Labute approximate surface area is 118 Å². The van der Waals surface area contributed by atoms with Crippen molar-refractivity contribution in [2.45, 2.75) is 10.6 Å². The number of aliphatic hydroxyl groups excluding tert-OH is 1. The Bertz CT molecular complexity index is 497. The van der Waals surface area contributed by atoms with E-state index in [4.69, 9.17) is 5.11 Å². The van der Waals surface area contributed by atoms with E-state index in [1.807, 2.05) is 13.1 Å². The third-order valence-corrected chi connectivity index (χ3v) is 6.01. The maximum absolute atomic E-state index is 12.4. The minimum absolute atomic E-state index is 0.0815. The van der Waals surface area contributed by atoms with E-state index in [9.17, 15) is 8.42 Å². The first-order valence-corrected chi connectivity index (χ1v) is 8.27. The topological polar surface area (TPSA) is 69.6 Å². The number of nitrogens with zero attached hydrogens (tertiary/aromatic N) is 1. The molecule has 0 bridgehead atoms. The molecule has 1 heterocycles. The van der Waals surface area contributed by atoms with E-state index in [0.717, 1.165) is 17.8 Å². The third-order valence-electron chi connectivity index (χ3n) is 2.53. The van der Waals surface area contributed by atoms with E-state index < -0.39 is 10.0 Å². The summed E-state index contributed by atoms with van der Waals surface area (Å²) in [5, 5.41) is 12.0. The molecule has 0 atom stereocenters. The number of sulfonamides is 1. The second-order valence-electron chi connectivity index (χ2n) is 3.95. The van der Waals surface area contributed by atoms with Gasteiger partial charge >= 0.3 is 0 Å². The lowest BCUT2D eigenvalue weighted by molar-refractivity contribution is 0.260. The van der Waals surface area contributed by atoms with E-state index in [0.29, 0.717) is 4.21 Å². The first kappa shape index (κ1) is 16.3. The molecule has 19 heavy (non-hydrogen) atoms. The lowest BCUT2D eigenvalue weighted by atomic mass is 10.3. The minimum Gasteiger partial charge on any atom is -0.395 e. The first-order chi connectivity index (χ1) is 9.06. The smallest absolute Gasteiger partial charge is 0.252 e. The van der Waals surface area contributed by atoms with Gasteiger partial charge in [0.05, 0.1) is 6.61 Å². The van der Waals surface area contributed by atoms with Crippen LogP contribution < -0.4 is 5.32 Å². The normalized spacial score (nSPS) is 11.9. The Kier molecular flexibility index (Phi) is 6.67. The maximum atomic E-state index is 12.4. The van der Waals surface area contributed by atoms with Gasteiger partial charge < -0.3 is 10.4 Å². The van der Waals surface area contributed by atoms with Crippen molar-refractivity contribution in [2.24, 2.45) is 0 Å². The van der Waals surface area contributed by atoms with Crippen LogP contribution in [0.4, 0.5) is 0 Å². The van der Waals surface area contributed by atoms with Crippen molar-refractivity contribution in [2.75, 3.05) is 33.3 Å². The van der Waals surface area contributed by atoms with Crippen molar-refractivity contribution < 1.29 is 13.5 Å². The highest BCUT2D eigenvalue weighted by atomic mass is 32.2. The summed E-state index contributed by atoms with van der Waals surface area (Å²) in [7, 11) is -1.67. The summed E-state index contributed by atoms with van der Waals surface area (Å²) in [6.45, 7) is 4.43. The zero-order valence-electron chi connectivity index (χ0n) is 11.0. The zero-order valence-corrected chi connectivity index (χ0v) is 12.6. The number of nitrogens with one attached hydrogen (secondary N) is 1. The van der Waals surface area contributed by atoms with Gasteiger partial charge in [0.15, 0.2) is 0 Å². The zero-order chi connectivity index (χ0) is 14.3. The molecule has 0 fully saturated rings. The standard InChI is InChI=1S/C12H20N2O3S2/c1-3-8-14(9-10-15)19(16,17)12-5-4-11(18-12)6-7-13-2/h3-5,13,15H,1,6-10H2,2H3. The molecule has 0 aliphatic rings. The number of likely N-dealkylation sites (N-methyl/N-ethyl adjacent to an activating group) is 1. The van der Waals surface area contributed by atoms with Crippen LogP contribution in [0.2, 0.25) is 0 Å². The van der Waals surface area contributed by atoms with Gasteiger partial charge in [-0.1, -0.05) is 6.08 Å². The number of rotatable bonds is 9. The SMILES string of the molecule is C=CCN(CCO)S(=O)(=O)c1ccc(CCNC)s1. The molecule has 0 saturated heterocycles. The lowest BCUT2D eigenvalue weighted by Crippen LogP contribution is -2.33. The first-order valence-electron chi connectivity index (χ1n) is 6.01. The van der Waals surface area contributed by atoms with Gasteiger partial charge in [-0.05, 0) is 32.1 Å². The Balaban J connectivity index is 2.90. The molecule has 0 radical (unpaired) electrons. The van der Waals surface area contributed by atoms with Crippen LogP contribution in [-0.4, -0.2) is 51.1 Å². The summed E-state index contributed by atoms with van der Waals surface area (Å²) in [6.07, 6.45) is 2.32. The lowest BCUT2D eigenvalue weighted by Gasteiger charge is -2.18. The van der Waals surface area contributed by atoms with Gasteiger partial charge in [0.25, 0.3) is 10.0 Å². The van der Waals surface area contributed by atoms with Gasteiger partial charge in [-0.3, -0.25) is 0 Å². The molecule has 0 spiro atoms. The molecule has 0 amide bonds. The van der Waals surface area contributed by atoms with Gasteiger partial charge in [0, 0.05) is 18.0 Å². The monoisotopic (exact) mass is 304 g/mol. The Morgan fingerprint density at radius 1 is 1.53 bits per heavy atom. The third kappa shape index (κ3) is 4.39. The van der Waals surface area contributed by atoms with Crippen molar-refractivity contribution in [1.82, 2.24) is 9.62 Å². The maximum Gasteiger partial charge on any atom is 0.252 e. The Hall–Kier alpha value is -0.730. The molecule has 0 saturated carbocycles. The fourth-order valence-corrected chi connectivity index (χ4v) is 4.48. The fourth-order valence-electron chi connectivity index (χ4n) is 1.57. The molecule has 0 aliphatic heterocycles. The van der Waals surface area contributed by atoms with E-state index >= 15 is 0 Å². The van der Waals surface area contributed by atoms with E-state index in [-0.39, 0.29) is 19.7 Å². The van der Waals surface area contributed by atoms with Gasteiger partial charge in [-0.15, -0.1) is 17.9 Å². The average Bonchev–Trinajstić information content (AvgIpc) is 2.85. The largest absolute Gasteiger partial charge is 0.395 e. The number of hydrogen-bond acceptors (Lipinski definition) is 5. The van der Waals surface area contributed by atoms with Crippen molar-refractivity contribution in [3.05, 3.63) is 29.7 Å². The summed E-state index contributed by atoms with van der Waals surface area (Å²) in [5.41, 5.74) is 0. The summed E-state index contributed by atoms with van der Waals surface area (Å²) in [4.78, 5) is 1.02.